The zero-order valence-electron chi connectivity index (χ0n) is 9.62. The standard InChI is InChI=1S/C12H19NO2/c1-9(7-13)11-4-10(8-14-2)5-12(6-11)15-3/h4-6,9H,7-8,13H2,1-3H3. The van der Waals surface area contributed by atoms with Crippen LogP contribution < -0.4 is 10.5 Å². The Bertz CT molecular complexity index is 312. The third kappa shape index (κ3) is 3.22. The van der Waals surface area contributed by atoms with Gasteiger partial charge in [0.1, 0.15) is 5.75 Å². The van der Waals surface area contributed by atoms with Crippen LogP contribution in [0.25, 0.3) is 0 Å². The second kappa shape index (κ2) is 5.73. The largest absolute Gasteiger partial charge is 0.497 e. The van der Waals surface area contributed by atoms with Gasteiger partial charge in [-0.3, -0.25) is 0 Å². The highest BCUT2D eigenvalue weighted by Gasteiger charge is 2.07. The summed E-state index contributed by atoms with van der Waals surface area (Å²) in [7, 11) is 3.36. The third-order valence-electron chi connectivity index (χ3n) is 2.46. The summed E-state index contributed by atoms with van der Waals surface area (Å²) in [4.78, 5) is 0. The molecule has 0 bridgehead atoms. The van der Waals surface area contributed by atoms with Crippen LogP contribution in [0.3, 0.4) is 0 Å². The maximum Gasteiger partial charge on any atom is 0.119 e. The van der Waals surface area contributed by atoms with Crippen molar-refractivity contribution in [2.75, 3.05) is 20.8 Å². The van der Waals surface area contributed by atoms with Crippen LogP contribution in [0.2, 0.25) is 0 Å². The van der Waals surface area contributed by atoms with Crippen molar-refractivity contribution in [3.8, 4) is 5.75 Å². The summed E-state index contributed by atoms with van der Waals surface area (Å²) < 4.78 is 10.3. The second-order valence-corrected chi connectivity index (χ2v) is 3.68. The van der Waals surface area contributed by atoms with Gasteiger partial charge in [-0.2, -0.15) is 0 Å². The maximum absolute atomic E-state index is 5.65. The van der Waals surface area contributed by atoms with Crippen LogP contribution >= 0.6 is 0 Å². The van der Waals surface area contributed by atoms with E-state index in [1.165, 1.54) is 5.56 Å². The van der Waals surface area contributed by atoms with Crippen molar-refractivity contribution in [1.29, 1.82) is 0 Å². The molecule has 0 radical (unpaired) electrons. The Kier molecular flexibility index (Phi) is 4.59. The van der Waals surface area contributed by atoms with Crippen molar-refractivity contribution in [2.45, 2.75) is 19.4 Å². The Labute approximate surface area is 91.2 Å². The smallest absolute Gasteiger partial charge is 0.119 e. The van der Waals surface area contributed by atoms with E-state index in [0.717, 1.165) is 11.3 Å². The average molecular weight is 209 g/mol. The molecular formula is C12H19NO2. The molecule has 0 aromatic heterocycles. The van der Waals surface area contributed by atoms with Crippen LogP contribution in [0.1, 0.15) is 24.0 Å². The van der Waals surface area contributed by atoms with E-state index in [9.17, 15) is 0 Å². The number of methoxy groups -OCH3 is 2. The molecule has 0 aliphatic rings. The van der Waals surface area contributed by atoms with Gasteiger partial charge >= 0.3 is 0 Å². The minimum Gasteiger partial charge on any atom is -0.497 e. The molecule has 84 valence electrons. The molecule has 0 aliphatic heterocycles. The van der Waals surface area contributed by atoms with Gasteiger partial charge in [0.25, 0.3) is 0 Å². The molecule has 0 saturated carbocycles. The lowest BCUT2D eigenvalue weighted by molar-refractivity contribution is 0.184. The first kappa shape index (κ1) is 12.0. The normalized spacial score (nSPS) is 12.5. The van der Waals surface area contributed by atoms with Crippen molar-refractivity contribution in [2.24, 2.45) is 5.73 Å². The van der Waals surface area contributed by atoms with Gasteiger partial charge in [0.05, 0.1) is 13.7 Å². The fourth-order valence-corrected chi connectivity index (χ4v) is 1.47. The van der Waals surface area contributed by atoms with Crippen LogP contribution in [-0.2, 0) is 11.3 Å². The van der Waals surface area contributed by atoms with Crippen LogP contribution in [0.4, 0.5) is 0 Å². The molecule has 0 aliphatic carbocycles. The van der Waals surface area contributed by atoms with E-state index in [1.807, 2.05) is 12.1 Å². The van der Waals surface area contributed by atoms with Gasteiger partial charge < -0.3 is 15.2 Å². The molecule has 1 rings (SSSR count). The Morgan fingerprint density at radius 2 is 2.00 bits per heavy atom. The number of benzene rings is 1. The molecule has 1 aromatic rings. The molecule has 0 amide bonds. The summed E-state index contributed by atoms with van der Waals surface area (Å²) in [6, 6.07) is 6.12. The van der Waals surface area contributed by atoms with E-state index in [2.05, 4.69) is 13.0 Å². The topological polar surface area (TPSA) is 44.5 Å². The lowest BCUT2D eigenvalue weighted by Crippen LogP contribution is -2.09. The van der Waals surface area contributed by atoms with E-state index < -0.39 is 0 Å². The fourth-order valence-electron chi connectivity index (χ4n) is 1.47. The summed E-state index contributed by atoms with van der Waals surface area (Å²) in [6.07, 6.45) is 0. The van der Waals surface area contributed by atoms with Gasteiger partial charge in [-0.1, -0.05) is 13.0 Å². The Morgan fingerprint density at radius 1 is 1.27 bits per heavy atom. The molecule has 1 atom stereocenters. The van der Waals surface area contributed by atoms with E-state index >= 15 is 0 Å². The van der Waals surface area contributed by atoms with Crippen molar-refractivity contribution in [1.82, 2.24) is 0 Å². The molecule has 2 N–H and O–H groups in total. The quantitative estimate of drug-likeness (QED) is 0.805. The summed E-state index contributed by atoms with van der Waals surface area (Å²) >= 11 is 0. The number of hydrogen-bond donors (Lipinski definition) is 1. The maximum atomic E-state index is 5.65. The van der Waals surface area contributed by atoms with Crippen LogP contribution in [-0.4, -0.2) is 20.8 Å². The molecule has 0 spiro atoms. The minimum absolute atomic E-state index is 0.343. The summed E-state index contributed by atoms with van der Waals surface area (Å²) in [5.41, 5.74) is 7.96. The number of rotatable bonds is 5. The summed E-state index contributed by atoms with van der Waals surface area (Å²) in [6.45, 7) is 3.34. The van der Waals surface area contributed by atoms with E-state index in [-0.39, 0.29) is 0 Å². The third-order valence-corrected chi connectivity index (χ3v) is 2.46. The molecule has 1 aromatic carbocycles. The minimum atomic E-state index is 0.343. The lowest BCUT2D eigenvalue weighted by atomic mass is 9.99. The molecule has 0 heterocycles. The van der Waals surface area contributed by atoms with Crippen molar-refractivity contribution in [3.63, 3.8) is 0 Å². The van der Waals surface area contributed by atoms with Crippen LogP contribution in [0.15, 0.2) is 18.2 Å². The molecule has 3 nitrogen and oxygen atoms in total. The zero-order valence-corrected chi connectivity index (χ0v) is 9.62. The van der Waals surface area contributed by atoms with Crippen molar-refractivity contribution < 1.29 is 9.47 Å². The number of nitrogens with two attached hydrogens (primary N) is 1. The van der Waals surface area contributed by atoms with Gasteiger partial charge in [0.2, 0.25) is 0 Å². The predicted molar refractivity (Wildman–Crippen MR) is 61.2 cm³/mol. The second-order valence-electron chi connectivity index (χ2n) is 3.68. The van der Waals surface area contributed by atoms with Crippen LogP contribution in [0.5, 0.6) is 5.75 Å². The molecule has 1 unspecified atom stereocenters. The van der Waals surface area contributed by atoms with Crippen LogP contribution in [0, 0.1) is 0 Å². The SMILES string of the molecule is COCc1cc(OC)cc(C(C)CN)c1. The lowest BCUT2D eigenvalue weighted by Gasteiger charge is -2.13. The van der Waals surface area contributed by atoms with E-state index in [0.29, 0.717) is 19.1 Å². The first-order chi connectivity index (χ1) is 7.21. The molecular weight excluding hydrogens is 190 g/mol. The van der Waals surface area contributed by atoms with Gasteiger partial charge in [-0.25, -0.2) is 0 Å². The number of ether oxygens (including phenoxy) is 2. The van der Waals surface area contributed by atoms with Crippen molar-refractivity contribution in [3.05, 3.63) is 29.3 Å². The number of hydrogen-bond acceptors (Lipinski definition) is 3. The fraction of sp³-hybridized carbons (Fsp3) is 0.500. The highest BCUT2D eigenvalue weighted by atomic mass is 16.5. The van der Waals surface area contributed by atoms with Crippen molar-refractivity contribution >= 4 is 0 Å². The van der Waals surface area contributed by atoms with Gasteiger partial charge in [-0.15, -0.1) is 0 Å². The Balaban J connectivity index is 2.99. The highest BCUT2D eigenvalue weighted by Crippen LogP contribution is 2.23. The molecule has 0 fully saturated rings. The first-order valence-corrected chi connectivity index (χ1v) is 5.08. The van der Waals surface area contributed by atoms with Gasteiger partial charge in [0, 0.05) is 7.11 Å². The van der Waals surface area contributed by atoms with Gasteiger partial charge in [-0.05, 0) is 35.7 Å². The highest BCUT2D eigenvalue weighted by molar-refractivity contribution is 5.36. The predicted octanol–water partition coefficient (Wildman–Crippen LogP) is 1.90. The monoisotopic (exact) mass is 209 g/mol. The van der Waals surface area contributed by atoms with E-state index in [4.69, 9.17) is 15.2 Å². The molecule has 3 heteroatoms. The molecule has 0 saturated heterocycles. The zero-order chi connectivity index (χ0) is 11.3. The van der Waals surface area contributed by atoms with E-state index in [1.54, 1.807) is 14.2 Å². The Hall–Kier alpha value is -1.06. The molecule has 15 heavy (non-hydrogen) atoms. The first-order valence-electron chi connectivity index (χ1n) is 5.08. The average Bonchev–Trinajstić information content (AvgIpc) is 2.28. The Morgan fingerprint density at radius 3 is 2.53 bits per heavy atom. The summed E-state index contributed by atoms with van der Waals surface area (Å²) in [5, 5.41) is 0. The van der Waals surface area contributed by atoms with Gasteiger partial charge in [0.15, 0.2) is 0 Å². The summed E-state index contributed by atoms with van der Waals surface area (Å²) in [5.74, 6) is 1.20.